The molecule has 1 aromatic carbocycles. The van der Waals surface area contributed by atoms with Gasteiger partial charge in [0.05, 0.1) is 5.69 Å². The van der Waals surface area contributed by atoms with Gasteiger partial charge in [-0.25, -0.2) is 0 Å². The van der Waals surface area contributed by atoms with Gasteiger partial charge in [0.15, 0.2) is 11.5 Å². The van der Waals surface area contributed by atoms with Crippen molar-refractivity contribution in [2.45, 2.75) is 44.2 Å². The minimum Gasteiger partial charge on any atom is -0.505 e. The van der Waals surface area contributed by atoms with Crippen LogP contribution >= 0.6 is 0 Å². The molecule has 0 radical (unpaired) electrons. The molecule has 2 aliphatic rings. The SMILES string of the molecule is C[C@H](NC(=O)C1=C(O)c2ccc(-c3ccccc3)n2C2(CCCC2)C1=O)C(=O)O. The van der Waals surface area contributed by atoms with Crippen molar-refractivity contribution >= 4 is 23.4 Å². The number of aliphatic hydroxyl groups excluding tert-OH is 1. The molecule has 2 aromatic rings. The molecule has 1 aromatic heterocycles. The van der Waals surface area contributed by atoms with Crippen LogP contribution in [0.3, 0.4) is 0 Å². The molecule has 0 unspecified atom stereocenters. The Morgan fingerprint density at radius 3 is 2.31 bits per heavy atom. The summed E-state index contributed by atoms with van der Waals surface area (Å²) in [4.78, 5) is 37.4. The fourth-order valence-corrected chi connectivity index (χ4v) is 4.44. The highest BCUT2D eigenvalue weighted by Gasteiger charge is 2.51. The van der Waals surface area contributed by atoms with Crippen molar-refractivity contribution in [3.8, 4) is 11.3 Å². The highest BCUT2D eigenvalue weighted by molar-refractivity contribution is 6.27. The zero-order valence-electron chi connectivity index (χ0n) is 16.0. The number of aliphatic carboxylic acids is 1. The van der Waals surface area contributed by atoms with Crippen LogP contribution in [0.2, 0.25) is 0 Å². The van der Waals surface area contributed by atoms with Crippen molar-refractivity contribution in [1.82, 2.24) is 9.88 Å². The lowest BCUT2D eigenvalue weighted by Gasteiger charge is -2.37. The smallest absolute Gasteiger partial charge is 0.325 e. The Bertz CT molecular complexity index is 1030. The minimum atomic E-state index is -1.22. The van der Waals surface area contributed by atoms with Crippen LogP contribution in [0.4, 0.5) is 0 Å². The van der Waals surface area contributed by atoms with Crippen molar-refractivity contribution in [3.63, 3.8) is 0 Å². The first-order valence-electron chi connectivity index (χ1n) is 9.66. The van der Waals surface area contributed by atoms with E-state index in [1.54, 1.807) is 6.07 Å². The number of aliphatic hydroxyl groups is 1. The summed E-state index contributed by atoms with van der Waals surface area (Å²) in [5.74, 6) is -2.94. The Hall–Kier alpha value is -3.35. The molecule has 29 heavy (non-hydrogen) atoms. The predicted molar refractivity (Wildman–Crippen MR) is 106 cm³/mol. The molecule has 0 saturated heterocycles. The van der Waals surface area contributed by atoms with Gasteiger partial charge < -0.3 is 20.1 Å². The molecule has 7 nitrogen and oxygen atoms in total. The first-order chi connectivity index (χ1) is 13.9. The topological polar surface area (TPSA) is 109 Å². The van der Waals surface area contributed by atoms with E-state index in [4.69, 9.17) is 5.11 Å². The average Bonchev–Trinajstić information content (AvgIpc) is 3.35. The summed E-state index contributed by atoms with van der Waals surface area (Å²) in [6, 6.07) is 12.0. The number of nitrogens with zero attached hydrogens (tertiary/aromatic N) is 1. The number of benzene rings is 1. The molecule has 1 atom stereocenters. The molecule has 7 heteroatoms. The van der Waals surface area contributed by atoms with Gasteiger partial charge in [-0.3, -0.25) is 14.4 Å². The number of carbonyl (C=O) groups is 3. The van der Waals surface area contributed by atoms with Gasteiger partial charge in [-0.05, 0) is 37.5 Å². The Kier molecular flexibility index (Phi) is 4.53. The van der Waals surface area contributed by atoms with E-state index >= 15 is 0 Å². The lowest BCUT2D eigenvalue weighted by atomic mass is 9.82. The van der Waals surface area contributed by atoms with Crippen molar-refractivity contribution in [2.75, 3.05) is 0 Å². The van der Waals surface area contributed by atoms with Gasteiger partial charge in [0.25, 0.3) is 5.91 Å². The molecule has 1 fully saturated rings. The molecule has 0 bridgehead atoms. The Labute approximate surface area is 167 Å². The van der Waals surface area contributed by atoms with Gasteiger partial charge in [0.2, 0.25) is 0 Å². The van der Waals surface area contributed by atoms with Crippen LogP contribution in [0.5, 0.6) is 0 Å². The maximum atomic E-state index is 13.6. The number of carboxylic acid groups (broad SMARTS) is 1. The van der Waals surface area contributed by atoms with Crippen LogP contribution in [0.15, 0.2) is 48.0 Å². The Balaban J connectivity index is 1.88. The van der Waals surface area contributed by atoms with Crippen LogP contribution in [0.1, 0.15) is 38.3 Å². The van der Waals surface area contributed by atoms with Crippen LogP contribution < -0.4 is 5.32 Å². The number of carboxylic acids is 1. The van der Waals surface area contributed by atoms with Crippen LogP contribution in [0.25, 0.3) is 17.0 Å². The van der Waals surface area contributed by atoms with Gasteiger partial charge in [-0.1, -0.05) is 43.2 Å². The number of carbonyl (C=O) groups excluding carboxylic acids is 2. The summed E-state index contributed by atoms with van der Waals surface area (Å²) in [5.41, 5.74) is 0.817. The number of ketones is 1. The molecule has 1 amide bonds. The normalized spacial score (nSPS) is 18.6. The zero-order chi connectivity index (χ0) is 20.8. The summed E-state index contributed by atoms with van der Waals surface area (Å²) in [6.07, 6.45) is 2.79. The third kappa shape index (κ3) is 2.85. The Morgan fingerprint density at radius 1 is 1.07 bits per heavy atom. The van der Waals surface area contributed by atoms with Crippen LogP contribution in [-0.2, 0) is 19.9 Å². The summed E-state index contributed by atoms with van der Waals surface area (Å²) in [7, 11) is 0. The number of amides is 1. The number of Topliss-reactive ketones (excluding diaryl/α,β-unsaturated/α-hetero) is 1. The van der Waals surface area contributed by atoms with E-state index < -0.39 is 35.0 Å². The van der Waals surface area contributed by atoms with Gasteiger partial charge in [0, 0.05) is 5.69 Å². The van der Waals surface area contributed by atoms with Crippen LogP contribution in [-0.4, -0.2) is 38.5 Å². The second kappa shape index (κ2) is 6.92. The molecule has 150 valence electrons. The first-order valence-corrected chi connectivity index (χ1v) is 9.66. The molecule has 2 heterocycles. The lowest BCUT2D eigenvalue weighted by molar-refractivity contribution is -0.141. The largest absolute Gasteiger partial charge is 0.505 e. The van der Waals surface area contributed by atoms with E-state index in [0.29, 0.717) is 18.5 Å². The number of aromatic nitrogens is 1. The maximum absolute atomic E-state index is 13.6. The second-order valence-corrected chi connectivity index (χ2v) is 7.63. The predicted octanol–water partition coefficient (Wildman–Crippen LogP) is 2.87. The van der Waals surface area contributed by atoms with E-state index in [1.165, 1.54) is 6.92 Å². The van der Waals surface area contributed by atoms with E-state index in [2.05, 4.69) is 5.32 Å². The van der Waals surface area contributed by atoms with E-state index in [1.807, 2.05) is 41.0 Å². The fraction of sp³-hybridized carbons (Fsp3) is 0.318. The fourth-order valence-electron chi connectivity index (χ4n) is 4.44. The van der Waals surface area contributed by atoms with E-state index in [0.717, 1.165) is 24.1 Å². The third-order valence-electron chi connectivity index (χ3n) is 5.88. The summed E-state index contributed by atoms with van der Waals surface area (Å²) >= 11 is 0. The molecular weight excluding hydrogens is 372 g/mol. The first kappa shape index (κ1) is 19.0. The second-order valence-electron chi connectivity index (χ2n) is 7.63. The molecule has 1 aliphatic heterocycles. The summed E-state index contributed by atoms with van der Waals surface area (Å²) in [6.45, 7) is 1.31. The Morgan fingerprint density at radius 2 is 1.69 bits per heavy atom. The maximum Gasteiger partial charge on any atom is 0.325 e. The van der Waals surface area contributed by atoms with Gasteiger partial charge in [-0.15, -0.1) is 0 Å². The molecular formula is C22H22N2O5. The molecule has 3 N–H and O–H groups in total. The van der Waals surface area contributed by atoms with Gasteiger partial charge >= 0.3 is 5.97 Å². The van der Waals surface area contributed by atoms with Crippen molar-refractivity contribution < 1.29 is 24.6 Å². The lowest BCUT2D eigenvalue weighted by Crippen LogP contribution is -2.49. The van der Waals surface area contributed by atoms with Crippen LogP contribution in [0, 0.1) is 0 Å². The van der Waals surface area contributed by atoms with Crippen molar-refractivity contribution in [2.24, 2.45) is 0 Å². The highest BCUT2D eigenvalue weighted by atomic mass is 16.4. The third-order valence-corrected chi connectivity index (χ3v) is 5.88. The summed E-state index contributed by atoms with van der Waals surface area (Å²) in [5, 5.41) is 22.2. The van der Waals surface area contributed by atoms with E-state index in [-0.39, 0.29) is 5.57 Å². The number of hydrogen-bond acceptors (Lipinski definition) is 4. The number of rotatable bonds is 4. The molecule has 4 rings (SSSR count). The monoisotopic (exact) mass is 394 g/mol. The van der Waals surface area contributed by atoms with Crippen molar-refractivity contribution in [3.05, 3.63) is 53.7 Å². The van der Waals surface area contributed by atoms with Gasteiger partial charge in [-0.2, -0.15) is 0 Å². The standard InChI is InChI=1S/C22H22N2O5/c1-13(21(28)29)23-20(27)17-18(25)16-10-9-15(14-7-3-2-4-8-14)24(16)22(19(17)26)11-5-6-12-22/h2-4,7-10,13,25H,5-6,11-12H2,1H3,(H,23,27)(H,28,29)/t13-/m0/s1. The zero-order valence-corrected chi connectivity index (χ0v) is 16.0. The minimum absolute atomic E-state index is 0.356. The molecule has 1 aliphatic carbocycles. The summed E-state index contributed by atoms with van der Waals surface area (Å²) < 4.78 is 1.87. The number of nitrogens with one attached hydrogen (secondary N) is 1. The molecule has 1 saturated carbocycles. The molecule has 1 spiro atoms. The average molecular weight is 394 g/mol. The number of hydrogen-bond donors (Lipinski definition) is 3. The van der Waals surface area contributed by atoms with Crippen molar-refractivity contribution in [1.29, 1.82) is 0 Å². The highest BCUT2D eigenvalue weighted by Crippen LogP contribution is 2.47. The quantitative estimate of drug-likeness (QED) is 0.691. The van der Waals surface area contributed by atoms with Gasteiger partial charge in [0.1, 0.15) is 17.2 Å². The van der Waals surface area contributed by atoms with E-state index in [9.17, 15) is 19.5 Å². The number of fused-ring (bicyclic) bond motifs is 2.